The molecule has 0 saturated carbocycles. The molecule has 16 heavy (non-hydrogen) atoms. The lowest BCUT2D eigenvalue weighted by Gasteiger charge is -2.02. The summed E-state index contributed by atoms with van der Waals surface area (Å²) in [4.78, 5) is 2.38. The van der Waals surface area contributed by atoms with Crippen LogP contribution in [0.25, 0.3) is 0 Å². The van der Waals surface area contributed by atoms with Crippen LogP contribution < -0.4 is 0 Å². The molecular formula is C13H10S3. The van der Waals surface area contributed by atoms with Gasteiger partial charge >= 0.3 is 0 Å². The molecule has 0 N–H and O–H groups in total. The fourth-order valence-electron chi connectivity index (χ4n) is 1.19. The highest BCUT2D eigenvalue weighted by Gasteiger charge is 2.02. The van der Waals surface area contributed by atoms with E-state index in [0.29, 0.717) is 0 Å². The summed E-state index contributed by atoms with van der Waals surface area (Å²) < 4.78 is 0.928. The Bertz CT molecular complexity index is 408. The molecule has 2 rings (SSSR count). The van der Waals surface area contributed by atoms with Crippen molar-refractivity contribution >= 4 is 39.3 Å². The summed E-state index contributed by atoms with van der Waals surface area (Å²) in [5.41, 5.74) is 0. The molecule has 0 spiro atoms. The van der Waals surface area contributed by atoms with E-state index < -0.39 is 0 Å². The summed E-state index contributed by atoms with van der Waals surface area (Å²) in [5.74, 6) is 0. The van der Waals surface area contributed by atoms with Gasteiger partial charge in [-0.3, -0.25) is 0 Å². The summed E-state index contributed by atoms with van der Waals surface area (Å²) in [7, 11) is 0. The standard InChI is InChI=1S/C13H10S3/c14-13(15-11-7-3-1-4-8-11)16-12-9-5-2-6-10-12/h1-10H. The molecule has 0 unspecified atom stereocenters. The third-order valence-electron chi connectivity index (χ3n) is 1.89. The minimum Gasteiger partial charge on any atom is -0.0711 e. The average molecular weight is 262 g/mol. The van der Waals surface area contributed by atoms with Crippen molar-refractivity contribution in [3.05, 3.63) is 60.7 Å². The topological polar surface area (TPSA) is 0 Å². The number of benzene rings is 2. The lowest BCUT2D eigenvalue weighted by molar-refractivity contribution is 1.47. The first-order valence-corrected chi connectivity index (χ1v) is 6.88. The Morgan fingerprint density at radius 2 is 1.06 bits per heavy atom. The zero-order valence-corrected chi connectivity index (χ0v) is 10.9. The van der Waals surface area contributed by atoms with Crippen molar-refractivity contribution in [3.8, 4) is 0 Å². The van der Waals surface area contributed by atoms with Crippen LogP contribution in [-0.2, 0) is 0 Å². The zero-order chi connectivity index (χ0) is 11.2. The van der Waals surface area contributed by atoms with E-state index in [2.05, 4.69) is 24.3 Å². The number of thiocarbonyl (C=S) groups is 1. The van der Waals surface area contributed by atoms with Gasteiger partial charge in [0.05, 0.1) is 0 Å². The third kappa shape index (κ3) is 3.67. The molecule has 0 heterocycles. The van der Waals surface area contributed by atoms with E-state index in [0.717, 1.165) is 3.53 Å². The minimum atomic E-state index is 0.928. The Balaban J connectivity index is 1.95. The SMILES string of the molecule is S=C(Sc1ccccc1)Sc1ccccc1. The van der Waals surface area contributed by atoms with Crippen molar-refractivity contribution in [1.29, 1.82) is 0 Å². The Kier molecular flexibility index (Phi) is 4.45. The molecule has 2 aromatic rings. The van der Waals surface area contributed by atoms with Crippen LogP contribution in [0.15, 0.2) is 70.5 Å². The first-order chi connectivity index (χ1) is 7.84. The molecule has 3 heteroatoms. The molecule has 0 radical (unpaired) electrons. The second-order valence-electron chi connectivity index (χ2n) is 3.08. The van der Waals surface area contributed by atoms with Crippen LogP contribution in [0, 0.1) is 0 Å². The molecule has 0 aromatic heterocycles. The smallest absolute Gasteiger partial charge is 0.0711 e. The van der Waals surface area contributed by atoms with Crippen LogP contribution >= 0.6 is 35.7 Å². The molecule has 0 atom stereocenters. The molecule has 2 aromatic carbocycles. The van der Waals surface area contributed by atoms with Crippen molar-refractivity contribution in [1.82, 2.24) is 0 Å². The van der Waals surface area contributed by atoms with E-state index >= 15 is 0 Å². The molecular weight excluding hydrogens is 252 g/mol. The van der Waals surface area contributed by atoms with Gasteiger partial charge in [0.2, 0.25) is 0 Å². The second-order valence-corrected chi connectivity index (χ2v) is 6.43. The van der Waals surface area contributed by atoms with Crippen LogP contribution in [0.1, 0.15) is 0 Å². The maximum Gasteiger partial charge on any atom is 0.113 e. The summed E-state index contributed by atoms with van der Waals surface area (Å²) >= 11 is 8.61. The van der Waals surface area contributed by atoms with Crippen LogP contribution in [0.4, 0.5) is 0 Å². The molecule has 0 aliphatic carbocycles. The summed E-state index contributed by atoms with van der Waals surface area (Å²) in [6.07, 6.45) is 0. The quantitative estimate of drug-likeness (QED) is 0.560. The first-order valence-electron chi connectivity index (χ1n) is 4.84. The van der Waals surface area contributed by atoms with Gasteiger partial charge in [-0.15, -0.1) is 0 Å². The van der Waals surface area contributed by atoms with Crippen molar-refractivity contribution in [2.24, 2.45) is 0 Å². The van der Waals surface area contributed by atoms with Crippen molar-refractivity contribution < 1.29 is 0 Å². The molecule has 0 aliphatic heterocycles. The maximum atomic E-state index is 5.34. The lowest BCUT2D eigenvalue weighted by atomic mass is 10.4. The van der Waals surface area contributed by atoms with Gasteiger partial charge in [-0.1, -0.05) is 72.1 Å². The molecule has 0 bridgehead atoms. The molecule has 0 amide bonds. The highest BCUT2D eigenvalue weighted by Crippen LogP contribution is 2.30. The number of hydrogen-bond acceptors (Lipinski definition) is 3. The molecule has 0 fully saturated rings. The van der Waals surface area contributed by atoms with E-state index in [4.69, 9.17) is 12.2 Å². The van der Waals surface area contributed by atoms with E-state index in [1.807, 2.05) is 36.4 Å². The van der Waals surface area contributed by atoms with Crippen molar-refractivity contribution in [3.63, 3.8) is 0 Å². The largest absolute Gasteiger partial charge is 0.113 e. The van der Waals surface area contributed by atoms with E-state index in [1.54, 1.807) is 23.5 Å². The fraction of sp³-hybridized carbons (Fsp3) is 0. The monoisotopic (exact) mass is 262 g/mol. The normalized spacial score (nSPS) is 10.0. The van der Waals surface area contributed by atoms with Crippen molar-refractivity contribution in [2.75, 3.05) is 0 Å². The highest BCUT2D eigenvalue weighted by atomic mass is 32.2. The summed E-state index contributed by atoms with van der Waals surface area (Å²) in [6, 6.07) is 20.4. The summed E-state index contributed by atoms with van der Waals surface area (Å²) in [5, 5.41) is 0. The zero-order valence-electron chi connectivity index (χ0n) is 8.50. The van der Waals surface area contributed by atoms with E-state index in [-0.39, 0.29) is 0 Å². The maximum absolute atomic E-state index is 5.34. The Morgan fingerprint density at radius 1 is 0.688 bits per heavy atom. The van der Waals surface area contributed by atoms with Crippen LogP contribution in [0.2, 0.25) is 0 Å². The number of hydrogen-bond donors (Lipinski definition) is 0. The Hall–Kier alpha value is -0.770. The van der Waals surface area contributed by atoms with Gasteiger partial charge in [-0.25, -0.2) is 0 Å². The Morgan fingerprint density at radius 3 is 1.44 bits per heavy atom. The fourth-order valence-corrected chi connectivity index (χ4v) is 3.48. The highest BCUT2D eigenvalue weighted by molar-refractivity contribution is 8.47. The number of thioether (sulfide) groups is 2. The summed E-state index contributed by atoms with van der Waals surface area (Å²) in [6.45, 7) is 0. The van der Waals surface area contributed by atoms with Crippen molar-refractivity contribution in [2.45, 2.75) is 9.79 Å². The molecule has 0 saturated heterocycles. The van der Waals surface area contributed by atoms with Gasteiger partial charge in [0, 0.05) is 9.79 Å². The minimum absolute atomic E-state index is 0.928. The Labute approximate surface area is 109 Å². The second kappa shape index (κ2) is 6.09. The molecule has 0 nitrogen and oxygen atoms in total. The van der Waals surface area contributed by atoms with Crippen LogP contribution in [0.3, 0.4) is 0 Å². The third-order valence-corrected chi connectivity index (χ3v) is 4.24. The first kappa shape index (κ1) is 11.7. The van der Waals surface area contributed by atoms with Gasteiger partial charge in [-0.2, -0.15) is 0 Å². The van der Waals surface area contributed by atoms with Gasteiger partial charge in [-0.05, 0) is 24.3 Å². The van der Waals surface area contributed by atoms with E-state index in [1.165, 1.54) is 9.79 Å². The predicted molar refractivity (Wildman–Crippen MR) is 77.2 cm³/mol. The lowest BCUT2D eigenvalue weighted by Crippen LogP contribution is -1.80. The number of rotatable bonds is 2. The van der Waals surface area contributed by atoms with E-state index in [9.17, 15) is 0 Å². The van der Waals surface area contributed by atoms with Crippen LogP contribution in [-0.4, -0.2) is 3.53 Å². The van der Waals surface area contributed by atoms with Gasteiger partial charge in [0.1, 0.15) is 3.53 Å². The molecule has 0 aliphatic rings. The predicted octanol–water partition coefficient (Wildman–Crippen LogP) is 4.86. The van der Waals surface area contributed by atoms with Crippen LogP contribution in [0.5, 0.6) is 0 Å². The van der Waals surface area contributed by atoms with Gasteiger partial charge in [0.15, 0.2) is 0 Å². The van der Waals surface area contributed by atoms with Gasteiger partial charge in [0.25, 0.3) is 0 Å². The van der Waals surface area contributed by atoms with Gasteiger partial charge < -0.3 is 0 Å². The molecule has 80 valence electrons. The average Bonchev–Trinajstić information content (AvgIpc) is 2.31.